The van der Waals surface area contributed by atoms with Crippen LogP contribution in [0.15, 0.2) is 55.4 Å². The molecule has 0 amide bonds. The fraction of sp³-hybridized carbons (Fsp3) is 0.353. The summed E-state index contributed by atoms with van der Waals surface area (Å²) in [6.45, 7) is 3.75. The second-order valence-corrected chi connectivity index (χ2v) is 5.20. The van der Waals surface area contributed by atoms with Crippen LogP contribution in [0.3, 0.4) is 0 Å². The fourth-order valence-corrected chi connectivity index (χ4v) is 2.40. The van der Waals surface area contributed by atoms with E-state index in [1.54, 1.807) is 0 Å². The van der Waals surface area contributed by atoms with Crippen LogP contribution >= 0.6 is 0 Å². The van der Waals surface area contributed by atoms with Crippen molar-refractivity contribution in [2.45, 2.75) is 38.1 Å². The van der Waals surface area contributed by atoms with E-state index in [0.717, 1.165) is 30.5 Å². The van der Waals surface area contributed by atoms with Crippen molar-refractivity contribution in [3.63, 3.8) is 0 Å². The van der Waals surface area contributed by atoms with E-state index in [4.69, 9.17) is 5.84 Å². The Labute approximate surface area is 126 Å². The van der Waals surface area contributed by atoms with E-state index in [-0.39, 0.29) is 6.04 Å². The molecule has 1 unspecified atom stereocenters. The maximum Gasteiger partial charge on any atom is 0.0645 e. The molecule has 1 atom stereocenters. The average molecular weight is 284 g/mol. The van der Waals surface area contributed by atoms with Crippen LogP contribution in [0, 0.1) is 0 Å². The topological polar surface area (TPSA) is 55.9 Å². The number of rotatable bonds is 9. The number of nitrogens with zero attached hydrogens (tertiary/aromatic N) is 2. The van der Waals surface area contributed by atoms with Gasteiger partial charge in [0.1, 0.15) is 0 Å². The smallest absolute Gasteiger partial charge is 0.0645 e. The highest BCUT2D eigenvalue weighted by Gasteiger charge is 2.12. The first-order valence-corrected chi connectivity index (χ1v) is 7.52. The maximum atomic E-state index is 5.69. The number of aromatic nitrogens is 2. The van der Waals surface area contributed by atoms with Crippen molar-refractivity contribution in [2.24, 2.45) is 5.84 Å². The number of benzene rings is 1. The predicted molar refractivity (Wildman–Crippen MR) is 86.9 cm³/mol. The summed E-state index contributed by atoms with van der Waals surface area (Å²) in [5.41, 5.74) is 5.09. The molecule has 0 saturated carbocycles. The van der Waals surface area contributed by atoms with Gasteiger partial charge in [0.05, 0.1) is 11.9 Å². The van der Waals surface area contributed by atoms with Gasteiger partial charge in [0, 0.05) is 17.8 Å². The Morgan fingerprint density at radius 2 is 2.05 bits per heavy atom. The summed E-state index contributed by atoms with van der Waals surface area (Å²) in [4.78, 5) is 0. The van der Waals surface area contributed by atoms with Crippen LogP contribution in [-0.4, -0.2) is 9.78 Å². The molecule has 2 rings (SSSR count). The predicted octanol–water partition coefficient (Wildman–Crippen LogP) is 3.51. The number of hydrogen-bond acceptors (Lipinski definition) is 3. The normalized spacial score (nSPS) is 12.2. The highest BCUT2D eigenvalue weighted by atomic mass is 15.3. The van der Waals surface area contributed by atoms with Gasteiger partial charge in [-0.3, -0.25) is 11.3 Å². The van der Waals surface area contributed by atoms with Crippen LogP contribution in [0.1, 0.15) is 43.7 Å². The fourth-order valence-electron chi connectivity index (χ4n) is 2.40. The number of allylic oxidation sites excluding steroid dienone is 1. The van der Waals surface area contributed by atoms with Crippen molar-refractivity contribution in [1.29, 1.82) is 0 Å². The van der Waals surface area contributed by atoms with E-state index in [2.05, 4.69) is 17.1 Å². The molecule has 0 fully saturated rings. The summed E-state index contributed by atoms with van der Waals surface area (Å²) < 4.78 is 1.89. The SMILES string of the molecule is C=CCCCCCC(NN)c1cnn(-c2ccccc2)c1. The van der Waals surface area contributed by atoms with Crippen LogP contribution in [0.2, 0.25) is 0 Å². The number of para-hydroxylation sites is 1. The summed E-state index contributed by atoms with van der Waals surface area (Å²) in [6, 6.07) is 10.3. The monoisotopic (exact) mass is 284 g/mol. The third-order valence-corrected chi connectivity index (χ3v) is 3.63. The highest BCUT2D eigenvalue weighted by molar-refractivity contribution is 5.31. The van der Waals surface area contributed by atoms with Gasteiger partial charge >= 0.3 is 0 Å². The Bertz CT molecular complexity index is 533. The highest BCUT2D eigenvalue weighted by Crippen LogP contribution is 2.20. The zero-order valence-corrected chi connectivity index (χ0v) is 12.4. The van der Waals surface area contributed by atoms with Crippen molar-refractivity contribution >= 4 is 0 Å². The molecular weight excluding hydrogens is 260 g/mol. The van der Waals surface area contributed by atoms with Crippen LogP contribution in [0.5, 0.6) is 0 Å². The zero-order chi connectivity index (χ0) is 14.9. The van der Waals surface area contributed by atoms with Gasteiger partial charge in [0.2, 0.25) is 0 Å². The quantitative estimate of drug-likeness (QED) is 0.321. The van der Waals surface area contributed by atoms with E-state index in [1.165, 1.54) is 12.8 Å². The molecule has 1 heterocycles. The average Bonchev–Trinajstić information content (AvgIpc) is 3.01. The van der Waals surface area contributed by atoms with E-state index >= 15 is 0 Å². The zero-order valence-electron chi connectivity index (χ0n) is 12.4. The number of hydrogen-bond donors (Lipinski definition) is 2. The Balaban J connectivity index is 1.93. The van der Waals surface area contributed by atoms with Gasteiger partial charge in [-0.15, -0.1) is 6.58 Å². The van der Waals surface area contributed by atoms with E-state index < -0.39 is 0 Å². The summed E-state index contributed by atoms with van der Waals surface area (Å²) in [6.07, 6.45) is 11.6. The van der Waals surface area contributed by atoms with E-state index in [1.807, 2.05) is 53.5 Å². The Morgan fingerprint density at radius 3 is 2.76 bits per heavy atom. The van der Waals surface area contributed by atoms with Crippen LogP contribution in [-0.2, 0) is 0 Å². The second-order valence-electron chi connectivity index (χ2n) is 5.20. The van der Waals surface area contributed by atoms with Gasteiger partial charge in [0.25, 0.3) is 0 Å². The summed E-state index contributed by atoms with van der Waals surface area (Å²) in [5, 5.41) is 4.42. The second kappa shape index (κ2) is 8.39. The molecule has 21 heavy (non-hydrogen) atoms. The van der Waals surface area contributed by atoms with E-state index in [9.17, 15) is 0 Å². The first-order valence-electron chi connectivity index (χ1n) is 7.52. The molecule has 1 aromatic heterocycles. The van der Waals surface area contributed by atoms with Gasteiger partial charge in [-0.05, 0) is 31.4 Å². The number of nitrogens with one attached hydrogen (secondary N) is 1. The molecule has 0 aliphatic carbocycles. The van der Waals surface area contributed by atoms with Crippen molar-refractivity contribution in [3.8, 4) is 5.69 Å². The minimum Gasteiger partial charge on any atom is -0.271 e. The molecule has 0 aliphatic heterocycles. The van der Waals surface area contributed by atoms with Gasteiger partial charge in [-0.1, -0.05) is 37.1 Å². The number of unbranched alkanes of at least 4 members (excludes halogenated alkanes) is 3. The molecule has 0 saturated heterocycles. The standard InChI is InChI=1S/C17H24N4/c1-2-3-4-5-9-12-17(20-18)15-13-19-21(14-15)16-10-7-6-8-11-16/h2,6-8,10-11,13-14,17,20H,1,3-5,9,12,18H2. The lowest BCUT2D eigenvalue weighted by atomic mass is 10.0. The largest absolute Gasteiger partial charge is 0.271 e. The molecule has 4 heteroatoms. The van der Waals surface area contributed by atoms with Crippen molar-refractivity contribution in [2.75, 3.05) is 0 Å². The third-order valence-electron chi connectivity index (χ3n) is 3.63. The number of nitrogens with two attached hydrogens (primary N) is 1. The Kier molecular flexibility index (Phi) is 6.19. The first kappa shape index (κ1) is 15.5. The minimum absolute atomic E-state index is 0.159. The summed E-state index contributed by atoms with van der Waals surface area (Å²) in [5.74, 6) is 5.69. The minimum atomic E-state index is 0.159. The Morgan fingerprint density at radius 1 is 1.24 bits per heavy atom. The summed E-state index contributed by atoms with van der Waals surface area (Å²) >= 11 is 0. The van der Waals surface area contributed by atoms with Crippen LogP contribution < -0.4 is 11.3 Å². The molecule has 112 valence electrons. The van der Waals surface area contributed by atoms with Crippen LogP contribution in [0.4, 0.5) is 0 Å². The molecule has 1 aromatic carbocycles. The molecule has 3 N–H and O–H groups in total. The lowest BCUT2D eigenvalue weighted by molar-refractivity contribution is 0.484. The first-order chi connectivity index (χ1) is 10.3. The maximum absolute atomic E-state index is 5.69. The molecule has 0 aliphatic rings. The molecule has 0 bridgehead atoms. The number of hydrazine groups is 1. The summed E-state index contributed by atoms with van der Waals surface area (Å²) in [7, 11) is 0. The molecule has 2 aromatic rings. The van der Waals surface area contributed by atoms with Gasteiger partial charge in [-0.25, -0.2) is 4.68 Å². The molecular formula is C17H24N4. The van der Waals surface area contributed by atoms with Crippen LogP contribution in [0.25, 0.3) is 5.69 Å². The lowest BCUT2D eigenvalue weighted by Gasteiger charge is -2.13. The van der Waals surface area contributed by atoms with Gasteiger partial charge in [0.15, 0.2) is 0 Å². The molecule has 0 radical (unpaired) electrons. The van der Waals surface area contributed by atoms with Crippen molar-refractivity contribution < 1.29 is 0 Å². The van der Waals surface area contributed by atoms with E-state index in [0.29, 0.717) is 0 Å². The van der Waals surface area contributed by atoms with Gasteiger partial charge in [-0.2, -0.15) is 5.10 Å². The molecule has 0 spiro atoms. The lowest BCUT2D eigenvalue weighted by Crippen LogP contribution is -2.27. The van der Waals surface area contributed by atoms with Crippen molar-refractivity contribution in [1.82, 2.24) is 15.2 Å². The molecule has 4 nitrogen and oxygen atoms in total. The Hall–Kier alpha value is -1.91. The third kappa shape index (κ3) is 4.55. The van der Waals surface area contributed by atoms with Crippen molar-refractivity contribution in [3.05, 3.63) is 60.9 Å². The van der Waals surface area contributed by atoms with Gasteiger partial charge < -0.3 is 0 Å².